The highest BCUT2D eigenvalue weighted by Gasteiger charge is 2.50. The fourth-order valence-electron chi connectivity index (χ4n) is 13.6. The molecule has 2 saturated carbocycles. The van der Waals surface area contributed by atoms with Gasteiger partial charge in [0.05, 0.1) is 0 Å². The standard InChI is InChI=1S/C60H40N4O4S2/c65-55-49(35-25-23-29-11-9-21-41-47(29)53(35)63-59(61-41)37-17-5-1-13-31(37)32-14-2-6-18-38(32)59)56(66)51(55)45-27-43-44(69-45)28-46(70-43)52-57(67)50(58(52)68)36-26-24-30-12-10-22-42-48(30)54(36)64-60(62-42)39-19-7-3-15-33(39)34-16-4-8-20-40(34)60/h1-28,49-52,55-58,61-64H/q-4. The zero-order valence-corrected chi connectivity index (χ0v) is 38.9. The minimum atomic E-state index is -1.14. The third-order valence-corrected chi connectivity index (χ3v) is 19.3. The van der Waals surface area contributed by atoms with Crippen molar-refractivity contribution in [1.29, 1.82) is 0 Å². The first-order valence-electron chi connectivity index (χ1n) is 24.1. The summed E-state index contributed by atoms with van der Waals surface area (Å²) >= 11 is 2.93. The van der Waals surface area contributed by atoms with Crippen molar-refractivity contribution in [1.82, 2.24) is 0 Å². The highest BCUT2D eigenvalue weighted by atomic mass is 32.1. The Labute approximate surface area is 410 Å². The highest BCUT2D eigenvalue weighted by Crippen LogP contribution is 2.60. The molecule has 16 rings (SSSR count). The van der Waals surface area contributed by atoms with Crippen LogP contribution in [-0.2, 0) is 11.3 Å². The van der Waals surface area contributed by atoms with Crippen molar-refractivity contribution < 1.29 is 20.4 Å². The number of rotatable bonds is 4. The summed E-state index contributed by atoms with van der Waals surface area (Å²) in [4.78, 5) is 1.56. The molecule has 0 saturated heterocycles. The molecule has 4 unspecified atom stereocenters. The Morgan fingerprint density at radius 2 is 0.714 bits per heavy atom. The smallest absolute Gasteiger partial charge is 0.162 e. The molecule has 2 aromatic heterocycles. The van der Waals surface area contributed by atoms with Crippen LogP contribution in [0, 0.1) is 0 Å². The Morgan fingerprint density at radius 1 is 0.357 bits per heavy atom. The van der Waals surface area contributed by atoms with Gasteiger partial charge in [-0.05, 0) is 92.1 Å². The number of nitrogens with one attached hydrogen (secondary N) is 4. The van der Waals surface area contributed by atoms with Gasteiger partial charge in [-0.25, -0.2) is 0 Å². The maximum absolute atomic E-state index is 14.6. The molecule has 0 amide bonds. The van der Waals surface area contributed by atoms with Gasteiger partial charge < -0.3 is 41.7 Å². The van der Waals surface area contributed by atoms with E-state index in [4.69, 9.17) is 0 Å². The van der Waals surface area contributed by atoms with Crippen LogP contribution >= 0.6 is 22.7 Å². The zero-order chi connectivity index (χ0) is 46.4. The predicted octanol–water partition coefficient (Wildman–Crippen LogP) is 9.39. The first-order valence-corrected chi connectivity index (χ1v) is 25.7. The van der Waals surface area contributed by atoms with E-state index < -0.39 is 59.4 Å². The number of hydrogen-bond acceptors (Lipinski definition) is 10. The molecule has 4 aliphatic carbocycles. The summed E-state index contributed by atoms with van der Waals surface area (Å²) in [7, 11) is 0. The van der Waals surface area contributed by atoms with Gasteiger partial charge in [0.25, 0.3) is 0 Å². The molecule has 4 N–H and O–H groups in total. The molecule has 8 aromatic carbocycles. The van der Waals surface area contributed by atoms with Crippen molar-refractivity contribution in [3.63, 3.8) is 0 Å². The largest absolute Gasteiger partial charge is 0.851 e. The molecule has 340 valence electrons. The molecule has 4 heterocycles. The Bertz CT molecular complexity index is 3530. The van der Waals surface area contributed by atoms with Crippen LogP contribution in [0.3, 0.4) is 0 Å². The van der Waals surface area contributed by atoms with Crippen molar-refractivity contribution in [2.24, 2.45) is 0 Å². The van der Waals surface area contributed by atoms with Gasteiger partial charge in [0.15, 0.2) is 11.3 Å². The second kappa shape index (κ2) is 13.9. The summed E-state index contributed by atoms with van der Waals surface area (Å²) in [5.41, 5.74) is 12.5. The van der Waals surface area contributed by atoms with Crippen molar-refractivity contribution in [2.45, 2.75) is 59.4 Å². The Balaban J connectivity index is 0.700. The molecule has 2 fully saturated rings. The van der Waals surface area contributed by atoms with Crippen LogP contribution in [0.2, 0.25) is 0 Å². The molecule has 2 aliphatic heterocycles. The summed E-state index contributed by atoms with van der Waals surface area (Å²) in [6.45, 7) is 0. The van der Waals surface area contributed by atoms with Crippen LogP contribution in [0.1, 0.15) is 66.8 Å². The molecule has 4 atom stereocenters. The summed E-state index contributed by atoms with van der Waals surface area (Å²) in [5.74, 6) is -2.89. The van der Waals surface area contributed by atoms with Crippen LogP contribution in [0.5, 0.6) is 0 Å². The average molecular weight is 945 g/mol. The lowest BCUT2D eigenvalue weighted by Gasteiger charge is -2.62. The van der Waals surface area contributed by atoms with E-state index in [9.17, 15) is 20.4 Å². The van der Waals surface area contributed by atoms with Gasteiger partial charge in [-0.1, -0.05) is 146 Å². The van der Waals surface area contributed by atoms with Crippen LogP contribution in [0.4, 0.5) is 22.7 Å². The second-order valence-electron chi connectivity index (χ2n) is 20.0. The first-order chi connectivity index (χ1) is 34.3. The van der Waals surface area contributed by atoms with E-state index in [1.54, 1.807) is 0 Å². The topological polar surface area (TPSA) is 140 Å². The van der Waals surface area contributed by atoms with Gasteiger partial charge in [-0.2, -0.15) is 0 Å². The highest BCUT2D eigenvalue weighted by molar-refractivity contribution is 7.27. The minimum Gasteiger partial charge on any atom is -0.851 e. The molecular weight excluding hydrogens is 905 g/mol. The Hall–Kier alpha value is -7.02. The summed E-state index contributed by atoms with van der Waals surface area (Å²) < 4.78 is 1.83. The lowest BCUT2D eigenvalue weighted by molar-refractivity contribution is -0.536. The van der Waals surface area contributed by atoms with Gasteiger partial charge in [0.1, 0.15) is 0 Å². The van der Waals surface area contributed by atoms with Crippen LogP contribution in [0.25, 0.3) is 53.2 Å². The fraction of sp³-hybridized carbons (Fsp3) is 0.167. The maximum Gasteiger partial charge on any atom is 0.162 e. The monoisotopic (exact) mass is 944 g/mol. The zero-order valence-electron chi connectivity index (χ0n) is 37.2. The van der Waals surface area contributed by atoms with Crippen LogP contribution < -0.4 is 41.7 Å². The van der Waals surface area contributed by atoms with Gasteiger partial charge >= 0.3 is 0 Å². The van der Waals surface area contributed by atoms with Crippen molar-refractivity contribution in [3.8, 4) is 22.3 Å². The molecule has 8 nitrogen and oxygen atoms in total. The lowest BCUT2D eigenvalue weighted by Crippen LogP contribution is -2.63. The number of anilines is 4. The van der Waals surface area contributed by atoms with Crippen LogP contribution in [-0.4, -0.2) is 24.4 Å². The second-order valence-corrected chi connectivity index (χ2v) is 22.3. The van der Waals surface area contributed by atoms with E-state index in [0.29, 0.717) is 0 Å². The number of hydrogen-bond donors (Lipinski definition) is 4. The first kappa shape index (κ1) is 39.8. The third kappa shape index (κ3) is 4.93. The van der Waals surface area contributed by atoms with E-state index in [0.717, 1.165) is 119 Å². The summed E-state index contributed by atoms with van der Waals surface area (Å²) in [5, 5.41) is 78.0. The maximum atomic E-state index is 14.6. The molecular formula is C60H40N4O4S2-4. The van der Waals surface area contributed by atoms with Gasteiger partial charge in [0, 0.05) is 74.9 Å². The van der Waals surface area contributed by atoms with Crippen molar-refractivity contribution in [3.05, 3.63) is 213 Å². The quantitative estimate of drug-likeness (QED) is 0.137. The van der Waals surface area contributed by atoms with Gasteiger partial charge in [0.2, 0.25) is 0 Å². The Morgan fingerprint density at radius 3 is 1.09 bits per heavy atom. The van der Waals surface area contributed by atoms with E-state index >= 15 is 0 Å². The van der Waals surface area contributed by atoms with Gasteiger partial charge in [-0.3, -0.25) is 0 Å². The predicted molar refractivity (Wildman–Crippen MR) is 274 cm³/mol. The minimum absolute atomic E-state index is 0.703. The fourth-order valence-corrected chi connectivity index (χ4v) is 16.3. The lowest BCUT2D eigenvalue weighted by atomic mass is 9.64. The van der Waals surface area contributed by atoms with Crippen LogP contribution in [0.15, 0.2) is 170 Å². The van der Waals surface area contributed by atoms with E-state index in [1.165, 1.54) is 22.7 Å². The van der Waals surface area contributed by atoms with E-state index in [-0.39, 0.29) is 0 Å². The van der Waals surface area contributed by atoms with E-state index in [2.05, 4.69) is 143 Å². The molecule has 70 heavy (non-hydrogen) atoms. The SMILES string of the molecule is [O-]C1C(c2cc3sc(C4C([O-])C(c5ccc6cccc7c6c5NC5(N7)c6ccccc6-c6ccccc65)C4[O-])cc3s2)C([O-])C1c1ccc2cccc3c2c1NC1(N3)c2ccccc2-c2ccccc21. The van der Waals surface area contributed by atoms with E-state index in [1.807, 2.05) is 48.5 Å². The molecule has 6 aliphatic rings. The van der Waals surface area contributed by atoms with Crippen molar-refractivity contribution >= 4 is 76.4 Å². The van der Waals surface area contributed by atoms with Crippen molar-refractivity contribution in [2.75, 3.05) is 21.3 Å². The Kier molecular flexibility index (Phi) is 7.87. The average Bonchev–Trinajstić information content (AvgIpc) is 4.10. The number of thiophene rings is 2. The molecule has 2 spiro atoms. The third-order valence-electron chi connectivity index (χ3n) is 16.8. The number of benzene rings is 8. The molecule has 10 aromatic rings. The number of fused-ring (bicyclic) bond motifs is 11. The molecule has 10 heteroatoms. The summed E-state index contributed by atoms with van der Waals surface area (Å²) in [6, 6.07) is 58.1. The van der Waals surface area contributed by atoms with Gasteiger partial charge in [-0.15, -0.1) is 47.1 Å². The summed E-state index contributed by atoms with van der Waals surface area (Å²) in [6.07, 6.45) is -4.58. The molecule has 0 bridgehead atoms. The molecule has 0 radical (unpaired) electrons. The normalized spacial score (nSPS) is 25.3.